The summed E-state index contributed by atoms with van der Waals surface area (Å²) in [5, 5.41) is 5.07. The van der Waals surface area contributed by atoms with Gasteiger partial charge in [-0.3, -0.25) is 0 Å². The molecule has 1 fully saturated rings. The highest BCUT2D eigenvalue weighted by atomic mass is 32.2. The number of hydrogen-bond acceptors (Lipinski definition) is 5. The summed E-state index contributed by atoms with van der Waals surface area (Å²) in [6, 6.07) is 18.3. The standard InChI is InChI=1S/C25H29N3OS/c1-30-21-10-9-19-15-20(25(27-24(19)16-21)28-11-13-29-14-12-28)17-26-23-8-4-6-18-5-2-3-7-22(18)23/h2-3,5,7,9-10,15-16,23,26H,4,6,8,11-14,17H2,1H3/t23-/m1/s1. The van der Waals surface area contributed by atoms with Crippen LogP contribution in [0, 0.1) is 0 Å². The molecule has 1 saturated heterocycles. The maximum absolute atomic E-state index is 5.59. The van der Waals surface area contributed by atoms with Crippen LogP contribution >= 0.6 is 11.8 Å². The van der Waals surface area contributed by atoms with Crippen LogP contribution in [-0.2, 0) is 17.7 Å². The van der Waals surface area contributed by atoms with Crippen LogP contribution in [0.15, 0.2) is 53.4 Å². The lowest BCUT2D eigenvalue weighted by molar-refractivity contribution is 0.122. The average Bonchev–Trinajstić information content (AvgIpc) is 2.82. The SMILES string of the molecule is CSc1ccc2cc(CN[C@@H]3CCCc4ccccc43)c(N3CCOCC3)nc2c1. The van der Waals surface area contributed by atoms with Crippen molar-refractivity contribution in [2.45, 2.75) is 36.7 Å². The molecule has 1 aliphatic carbocycles. The second kappa shape index (κ2) is 8.96. The maximum atomic E-state index is 5.59. The molecule has 1 N–H and O–H groups in total. The van der Waals surface area contributed by atoms with Crippen molar-refractivity contribution >= 4 is 28.5 Å². The Labute approximate surface area is 183 Å². The fraction of sp³-hybridized carbons (Fsp3) is 0.400. The zero-order chi connectivity index (χ0) is 20.3. The molecular weight excluding hydrogens is 390 g/mol. The second-order valence-electron chi connectivity index (χ2n) is 8.15. The Bertz CT molecular complexity index is 1030. The summed E-state index contributed by atoms with van der Waals surface area (Å²) in [4.78, 5) is 8.78. The first-order chi connectivity index (χ1) is 14.8. The molecule has 0 saturated carbocycles. The predicted octanol–water partition coefficient (Wildman–Crippen LogP) is 4.96. The largest absolute Gasteiger partial charge is 0.378 e. The molecule has 0 unspecified atom stereocenters. The molecule has 1 atom stereocenters. The number of hydrogen-bond donors (Lipinski definition) is 1. The summed E-state index contributed by atoms with van der Waals surface area (Å²) in [7, 11) is 0. The van der Waals surface area contributed by atoms with Gasteiger partial charge in [0.25, 0.3) is 0 Å². The van der Waals surface area contributed by atoms with Crippen molar-refractivity contribution in [3.63, 3.8) is 0 Å². The lowest BCUT2D eigenvalue weighted by atomic mass is 9.87. The molecule has 5 rings (SSSR count). The number of aromatic nitrogens is 1. The van der Waals surface area contributed by atoms with E-state index in [9.17, 15) is 0 Å². The van der Waals surface area contributed by atoms with Crippen LogP contribution in [-0.4, -0.2) is 37.5 Å². The number of nitrogens with one attached hydrogen (secondary N) is 1. The van der Waals surface area contributed by atoms with Crippen LogP contribution in [0.4, 0.5) is 5.82 Å². The number of nitrogens with zero attached hydrogens (tertiary/aromatic N) is 2. The molecule has 2 aliphatic rings. The molecule has 3 aromatic rings. The Morgan fingerprint density at radius 3 is 2.87 bits per heavy atom. The highest BCUT2D eigenvalue weighted by Gasteiger charge is 2.22. The number of rotatable bonds is 5. The van der Waals surface area contributed by atoms with Crippen LogP contribution in [0.25, 0.3) is 10.9 Å². The van der Waals surface area contributed by atoms with E-state index in [-0.39, 0.29) is 0 Å². The van der Waals surface area contributed by atoms with Crippen molar-refractivity contribution in [3.05, 3.63) is 65.2 Å². The van der Waals surface area contributed by atoms with E-state index >= 15 is 0 Å². The van der Waals surface area contributed by atoms with E-state index < -0.39 is 0 Å². The van der Waals surface area contributed by atoms with Gasteiger partial charge in [0.1, 0.15) is 5.82 Å². The van der Waals surface area contributed by atoms with Gasteiger partial charge in [-0.1, -0.05) is 30.3 Å². The number of aryl methyl sites for hydroxylation is 1. The molecule has 2 heterocycles. The van der Waals surface area contributed by atoms with Crippen molar-refractivity contribution < 1.29 is 4.74 Å². The summed E-state index contributed by atoms with van der Waals surface area (Å²) in [6.07, 6.45) is 5.76. The van der Waals surface area contributed by atoms with Crippen LogP contribution < -0.4 is 10.2 Å². The molecule has 1 aliphatic heterocycles. The van der Waals surface area contributed by atoms with Crippen molar-refractivity contribution in [2.24, 2.45) is 0 Å². The van der Waals surface area contributed by atoms with Crippen molar-refractivity contribution in [1.82, 2.24) is 10.3 Å². The molecular formula is C25H29N3OS. The average molecular weight is 420 g/mol. The molecule has 30 heavy (non-hydrogen) atoms. The number of morpholine rings is 1. The van der Waals surface area contributed by atoms with Crippen LogP contribution in [0.5, 0.6) is 0 Å². The highest BCUT2D eigenvalue weighted by molar-refractivity contribution is 7.98. The number of ether oxygens (including phenoxy) is 1. The van der Waals surface area contributed by atoms with Gasteiger partial charge in [0, 0.05) is 41.5 Å². The Morgan fingerprint density at radius 2 is 2.00 bits per heavy atom. The minimum atomic E-state index is 0.419. The molecule has 0 amide bonds. The zero-order valence-electron chi connectivity index (χ0n) is 17.6. The smallest absolute Gasteiger partial charge is 0.133 e. The van der Waals surface area contributed by atoms with E-state index in [1.807, 2.05) is 0 Å². The number of benzene rings is 2. The van der Waals surface area contributed by atoms with E-state index in [2.05, 4.69) is 65.0 Å². The lowest BCUT2D eigenvalue weighted by Gasteiger charge is -2.31. The molecule has 5 heteroatoms. The Morgan fingerprint density at radius 1 is 1.13 bits per heavy atom. The van der Waals surface area contributed by atoms with Gasteiger partial charge in [-0.2, -0.15) is 0 Å². The highest BCUT2D eigenvalue weighted by Crippen LogP contribution is 2.31. The lowest BCUT2D eigenvalue weighted by Crippen LogP contribution is -2.38. The zero-order valence-corrected chi connectivity index (χ0v) is 18.4. The third-order valence-electron chi connectivity index (χ3n) is 6.30. The van der Waals surface area contributed by atoms with Crippen molar-refractivity contribution in [1.29, 1.82) is 0 Å². The van der Waals surface area contributed by atoms with E-state index in [0.717, 1.165) is 44.2 Å². The summed E-state index contributed by atoms with van der Waals surface area (Å²) in [5.74, 6) is 1.11. The summed E-state index contributed by atoms with van der Waals surface area (Å²) in [6.45, 7) is 4.18. The molecule has 4 nitrogen and oxygen atoms in total. The number of fused-ring (bicyclic) bond motifs is 2. The summed E-state index contributed by atoms with van der Waals surface area (Å²) < 4.78 is 5.59. The Balaban J connectivity index is 1.46. The van der Waals surface area contributed by atoms with Gasteiger partial charge >= 0.3 is 0 Å². The molecule has 2 aromatic carbocycles. The molecule has 0 bridgehead atoms. The Hall–Kier alpha value is -2.08. The summed E-state index contributed by atoms with van der Waals surface area (Å²) >= 11 is 1.77. The first-order valence-corrected chi connectivity index (χ1v) is 12.2. The quantitative estimate of drug-likeness (QED) is 0.592. The predicted molar refractivity (Wildman–Crippen MR) is 126 cm³/mol. The van der Waals surface area contributed by atoms with Gasteiger partial charge in [0.2, 0.25) is 0 Å². The topological polar surface area (TPSA) is 37.4 Å². The maximum Gasteiger partial charge on any atom is 0.133 e. The monoisotopic (exact) mass is 419 g/mol. The fourth-order valence-electron chi connectivity index (χ4n) is 4.69. The second-order valence-corrected chi connectivity index (χ2v) is 9.03. The van der Waals surface area contributed by atoms with Gasteiger partial charge in [-0.25, -0.2) is 4.98 Å². The first-order valence-electron chi connectivity index (χ1n) is 10.9. The van der Waals surface area contributed by atoms with Gasteiger partial charge < -0.3 is 15.0 Å². The first kappa shape index (κ1) is 19.9. The molecule has 1 aromatic heterocycles. The minimum Gasteiger partial charge on any atom is -0.378 e. The van der Waals surface area contributed by atoms with Crippen molar-refractivity contribution in [2.75, 3.05) is 37.5 Å². The van der Waals surface area contributed by atoms with Crippen LogP contribution in [0.1, 0.15) is 35.6 Å². The number of pyridine rings is 1. The number of thioether (sulfide) groups is 1. The summed E-state index contributed by atoms with van der Waals surface area (Å²) in [5.41, 5.74) is 5.32. The van der Waals surface area contributed by atoms with Gasteiger partial charge in [0.15, 0.2) is 0 Å². The van der Waals surface area contributed by atoms with Crippen LogP contribution in [0.2, 0.25) is 0 Å². The minimum absolute atomic E-state index is 0.419. The van der Waals surface area contributed by atoms with Crippen LogP contribution in [0.3, 0.4) is 0 Å². The third kappa shape index (κ3) is 4.07. The van der Waals surface area contributed by atoms with E-state index in [1.54, 1.807) is 11.8 Å². The fourth-order valence-corrected chi connectivity index (χ4v) is 5.12. The van der Waals surface area contributed by atoms with Gasteiger partial charge in [0.05, 0.1) is 18.7 Å². The van der Waals surface area contributed by atoms with E-state index in [1.165, 1.54) is 46.2 Å². The normalized spacial score (nSPS) is 19.1. The van der Waals surface area contributed by atoms with Gasteiger partial charge in [-0.05, 0) is 54.8 Å². The molecule has 0 spiro atoms. The van der Waals surface area contributed by atoms with Crippen molar-refractivity contribution in [3.8, 4) is 0 Å². The van der Waals surface area contributed by atoms with Gasteiger partial charge in [-0.15, -0.1) is 11.8 Å². The third-order valence-corrected chi connectivity index (χ3v) is 7.03. The molecule has 156 valence electrons. The Kier molecular flexibility index (Phi) is 5.93. The van der Waals surface area contributed by atoms with E-state index in [0.29, 0.717) is 6.04 Å². The molecule has 0 radical (unpaired) electrons. The number of anilines is 1. The van der Waals surface area contributed by atoms with E-state index in [4.69, 9.17) is 9.72 Å².